The first-order valence-electron chi connectivity index (χ1n) is 12.1. The fourth-order valence-corrected chi connectivity index (χ4v) is 9.17. The van der Waals surface area contributed by atoms with Crippen molar-refractivity contribution < 1.29 is 42.2 Å². The Labute approximate surface area is 210 Å². The summed E-state index contributed by atoms with van der Waals surface area (Å²) in [6.45, 7) is 3.47. The summed E-state index contributed by atoms with van der Waals surface area (Å²) in [6, 6.07) is -0.932. The van der Waals surface area contributed by atoms with Gasteiger partial charge in [0.05, 0.1) is 11.7 Å². The highest BCUT2D eigenvalue weighted by Crippen LogP contribution is 2.72. The molecule has 196 valence electrons. The topological polar surface area (TPSA) is 94.1 Å². The molecule has 11 heteroatoms. The molecule has 0 bridgehead atoms. The SMILES string of the molecule is CC12C=CC(=O)C(C3=COCO3)=C1C(F)CC1C3CC4CNOC4(C(=O)SCF)C3(C)CC(O)C12F. The molecule has 36 heavy (non-hydrogen) atoms. The Balaban J connectivity index is 1.49. The van der Waals surface area contributed by atoms with Gasteiger partial charge in [-0.05, 0) is 43.8 Å². The molecular formula is C25H28F3NO6S. The van der Waals surface area contributed by atoms with E-state index < -0.39 is 63.1 Å². The van der Waals surface area contributed by atoms with Crippen LogP contribution in [0.25, 0.3) is 0 Å². The number of carbonyl (C=O) groups is 2. The molecule has 0 aromatic carbocycles. The summed E-state index contributed by atoms with van der Waals surface area (Å²) in [4.78, 5) is 32.0. The fourth-order valence-electron chi connectivity index (χ4n) is 8.42. The van der Waals surface area contributed by atoms with E-state index in [0.29, 0.717) is 24.7 Å². The van der Waals surface area contributed by atoms with E-state index in [2.05, 4.69) is 5.48 Å². The van der Waals surface area contributed by atoms with Crippen LogP contribution in [0.3, 0.4) is 0 Å². The van der Waals surface area contributed by atoms with Crippen LogP contribution in [0.4, 0.5) is 13.2 Å². The monoisotopic (exact) mass is 527 g/mol. The lowest BCUT2D eigenvalue weighted by Crippen LogP contribution is -2.70. The number of aliphatic hydroxyl groups excluding tert-OH is 1. The third-order valence-electron chi connectivity index (χ3n) is 9.89. The van der Waals surface area contributed by atoms with E-state index in [1.165, 1.54) is 25.3 Å². The first-order valence-corrected chi connectivity index (χ1v) is 13.1. The summed E-state index contributed by atoms with van der Waals surface area (Å²) in [6.07, 6.45) is 0.439. The lowest BCUT2D eigenvalue weighted by atomic mass is 9.44. The molecule has 0 amide bonds. The second kappa shape index (κ2) is 7.85. The molecule has 4 aliphatic carbocycles. The molecule has 2 heterocycles. The van der Waals surface area contributed by atoms with Crippen LogP contribution in [-0.4, -0.2) is 58.9 Å². The molecule has 9 unspecified atom stereocenters. The molecule has 1 saturated heterocycles. The first kappa shape index (κ1) is 24.5. The van der Waals surface area contributed by atoms with E-state index in [9.17, 15) is 19.1 Å². The Hall–Kier alpha value is -1.82. The van der Waals surface area contributed by atoms with E-state index in [1.54, 1.807) is 6.92 Å². The van der Waals surface area contributed by atoms with Crippen molar-refractivity contribution in [2.75, 3.05) is 19.3 Å². The van der Waals surface area contributed by atoms with Gasteiger partial charge < -0.3 is 14.6 Å². The van der Waals surface area contributed by atoms with E-state index >= 15 is 8.78 Å². The Bertz CT molecular complexity index is 1130. The van der Waals surface area contributed by atoms with Crippen LogP contribution in [0.2, 0.25) is 0 Å². The van der Waals surface area contributed by atoms with Crippen molar-refractivity contribution in [3.05, 3.63) is 35.3 Å². The van der Waals surface area contributed by atoms with Crippen LogP contribution in [0.1, 0.15) is 33.1 Å². The molecule has 0 aromatic rings. The average Bonchev–Trinajstić information content (AvgIpc) is 3.55. The molecule has 0 radical (unpaired) electrons. The third kappa shape index (κ3) is 2.67. The summed E-state index contributed by atoms with van der Waals surface area (Å²) >= 11 is 0.504. The number of thioether (sulfide) groups is 1. The largest absolute Gasteiger partial charge is 0.461 e. The van der Waals surface area contributed by atoms with Crippen molar-refractivity contribution in [3.63, 3.8) is 0 Å². The van der Waals surface area contributed by atoms with E-state index in [-0.39, 0.29) is 42.5 Å². The molecule has 9 atom stereocenters. The minimum Gasteiger partial charge on any atom is -0.461 e. The minimum atomic E-state index is -2.33. The zero-order valence-electron chi connectivity index (χ0n) is 19.9. The van der Waals surface area contributed by atoms with Gasteiger partial charge in [-0.2, -0.15) is 0 Å². The van der Waals surface area contributed by atoms with E-state index in [4.69, 9.17) is 14.3 Å². The average molecular weight is 528 g/mol. The van der Waals surface area contributed by atoms with Crippen LogP contribution in [0.15, 0.2) is 35.3 Å². The molecule has 0 aromatic heterocycles. The Morgan fingerprint density at radius 2 is 2.08 bits per heavy atom. The van der Waals surface area contributed by atoms with Crippen LogP contribution >= 0.6 is 11.8 Å². The third-order valence-corrected chi connectivity index (χ3v) is 10.6. The number of ether oxygens (including phenoxy) is 2. The molecule has 6 rings (SSSR count). The lowest BCUT2D eigenvalue weighted by Gasteiger charge is -2.63. The Morgan fingerprint density at radius 3 is 2.78 bits per heavy atom. The number of aliphatic hydroxyl groups is 1. The maximum Gasteiger partial charge on any atom is 0.230 e. The van der Waals surface area contributed by atoms with Gasteiger partial charge in [-0.3, -0.25) is 14.4 Å². The molecule has 4 fully saturated rings. The zero-order chi connectivity index (χ0) is 25.7. The van der Waals surface area contributed by atoms with Gasteiger partial charge in [0.25, 0.3) is 0 Å². The Morgan fingerprint density at radius 1 is 1.31 bits per heavy atom. The Kier molecular flexibility index (Phi) is 5.34. The molecule has 6 aliphatic rings. The highest BCUT2D eigenvalue weighted by atomic mass is 32.2. The summed E-state index contributed by atoms with van der Waals surface area (Å²) in [5, 5.41) is 11.1. The van der Waals surface area contributed by atoms with Gasteiger partial charge in [0.1, 0.15) is 18.4 Å². The zero-order valence-corrected chi connectivity index (χ0v) is 20.7. The number of hydrogen-bond acceptors (Lipinski definition) is 8. The predicted molar refractivity (Wildman–Crippen MR) is 122 cm³/mol. The summed E-state index contributed by atoms with van der Waals surface area (Å²) in [5.74, 6) is -2.32. The molecule has 3 saturated carbocycles. The van der Waals surface area contributed by atoms with Crippen LogP contribution < -0.4 is 5.48 Å². The normalized spacial score (nSPS) is 49.0. The number of fused-ring (bicyclic) bond motifs is 7. The van der Waals surface area contributed by atoms with Gasteiger partial charge in [0.2, 0.25) is 11.9 Å². The fraction of sp³-hybridized carbons (Fsp3) is 0.680. The summed E-state index contributed by atoms with van der Waals surface area (Å²) < 4.78 is 57.5. The highest BCUT2D eigenvalue weighted by Gasteiger charge is 2.79. The lowest BCUT2D eigenvalue weighted by molar-refractivity contribution is -0.230. The predicted octanol–water partition coefficient (Wildman–Crippen LogP) is 3.21. The summed E-state index contributed by atoms with van der Waals surface area (Å²) in [5.41, 5.74) is -3.84. The quantitative estimate of drug-likeness (QED) is 0.578. The van der Waals surface area contributed by atoms with Crippen molar-refractivity contribution in [1.82, 2.24) is 5.48 Å². The van der Waals surface area contributed by atoms with Gasteiger partial charge >= 0.3 is 0 Å². The smallest absolute Gasteiger partial charge is 0.230 e. The number of halogens is 3. The van der Waals surface area contributed by atoms with Crippen molar-refractivity contribution in [2.45, 2.75) is 56.7 Å². The number of carbonyl (C=O) groups excluding carboxylic acids is 2. The molecule has 7 nitrogen and oxygen atoms in total. The number of nitrogens with one attached hydrogen (secondary N) is 1. The van der Waals surface area contributed by atoms with Crippen LogP contribution in [0.5, 0.6) is 0 Å². The van der Waals surface area contributed by atoms with Gasteiger partial charge in [-0.1, -0.05) is 24.8 Å². The number of hydroxylamine groups is 1. The van der Waals surface area contributed by atoms with Gasteiger partial charge in [-0.25, -0.2) is 18.7 Å². The summed E-state index contributed by atoms with van der Waals surface area (Å²) in [7, 11) is 0. The number of alkyl halides is 3. The van der Waals surface area contributed by atoms with Gasteiger partial charge in [-0.15, -0.1) is 0 Å². The molecule has 0 spiro atoms. The standard InChI is InChI=1S/C25H28F3NO6S/c1-22-4-3-16(30)19(17-9-33-11-34-17)20(22)15(27)6-14-13-5-12-8-29-35-25(12,21(32)36-10-26)23(13,2)7-18(31)24(14,22)28/h3-4,9,12-15,18,29,31H,5-8,10-11H2,1-2H3. The van der Waals surface area contributed by atoms with Crippen LogP contribution in [0, 0.1) is 28.6 Å². The van der Waals surface area contributed by atoms with E-state index in [1.807, 2.05) is 0 Å². The van der Waals surface area contributed by atoms with E-state index in [0.717, 1.165) is 0 Å². The van der Waals surface area contributed by atoms with Crippen molar-refractivity contribution in [3.8, 4) is 0 Å². The molecule has 2 N–H and O–H groups in total. The number of hydrogen-bond donors (Lipinski definition) is 2. The second-order valence-corrected chi connectivity index (χ2v) is 12.0. The van der Waals surface area contributed by atoms with Crippen molar-refractivity contribution >= 4 is 22.7 Å². The minimum absolute atomic E-state index is 0.0492. The maximum atomic E-state index is 17.6. The first-order chi connectivity index (χ1) is 17.1. The molecular weight excluding hydrogens is 499 g/mol. The van der Waals surface area contributed by atoms with Crippen LogP contribution in [-0.2, 0) is 23.9 Å². The molecule has 2 aliphatic heterocycles. The number of allylic oxidation sites excluding steroid dienone is 4. The van der Waals surface area contributed by atoms with Gasteiger partial charge in [0.15, 0.2) is 22.8 Å². The maximum absolute atomic E-state index is 17.6. The highest BCUT2D eigenvalue weighted by molar-refractivity contribution is 8.13. The second-order valence-electron chi connectivity index (χ2n) is 11.1. The van der Waals surface area contributed by atoms with Gasteiger partial charge in [0, 0.05) is 29.2 Å². The van der Waals surface area contributed by atoms with Crippen molar-refractivity contribution in [1.29, 1.82) is 0 Å². The number of ketones is 1. The van der Waals surface area contributed by atoms with Crippen molar-refractivity contribution in [2.24, 2.45) is 28.6 Å². The number of rotatable bonds is 3.